The number of carbonyl (C=O) groups is 1. The third-order valence-electron chi connectivity index (χ3n) is 2.92. The molecule has 2 N–H and O–H groups in total. The van der Waals surface area contributed by atoms with E-state index in [0.717, 1.165) is 10.2 Å². The van der Waals surface area contributed by atoms with Crippen molar-refractivity contribution in [3.63, 3.8) is 0 Å². The molecular formula is C15H17BrN2OS. The normalized spacial score (nSPS) is 12.2. The molecule has 0 bridgehead atoms. The van der Waals surface area contributed by atoms with Crippen LogP contribution in [0.4, 0.5) is 5.69 Å². The Balaban J connectivity index is 1.84. The molecule has 2 rings (SSSR count). The van der Waals surface area contributed by atoms with Crippen molar-refractivity contribution in [2.24, 2.45) is 0 Å². The molecule has 5 heteroatoms. The monoisotopic (exact) mass is 352 g/mol. The highest BCUT2D eigenvalue weighted by atomic mass is 79.9. The first kappa shape index (κ1) is 15.2. The van der Waals surface area contributed by atoms with Crippen molar-refractivity contribution in [3.05, 3.63) is 50.6 Å². The summed E-state index contributed by atoms with van der Waals surface area (Å²) in [6.45, 7) is 4.58. The number of anilines is 1. The molecule has 0 aliphatic heterocycles. The molecule has 0 fully saturated rings. The van der Waals surface area contributed by atoms with E-state index in [0.29, 0.717) is 6.54 Å². The summed E-state index contributed by atoms with van der Waals surface area (Å²) < 4.78 is 1.08. The maximum absolute atomic E-state index is 12.0. The first-order valence-corrected chi connectivity index (χ1v) is 8.05. The van der Waals surface area contributed by atoms with Crippen molar-refractivity contribution in [3.8, 4) is 0 Å². The summed E-state index contributed by atoms with van der Waals surface area (Å²) in [6.07, 6.45) is 0. The van der Waals surface area contributed by atoms with E-state index in [-0.39, 0.29) is 11.9 Å². The molecule has 1 atom stereocenters. The lowest BCUT2D eigenvalue weighted by Crippen LogP contribution is -2.37. The van der Waals surface area contributed by atoms with Gasteiger partial charge in [-0.1, -0.05) is 17.7 Å². The summed E-state index contributed by atoms with van der Waals surface area (Å²) in [5.74, 6) is -0.0236. The number of rotatable bonds is 5. The molecule has 0 saturated heterocycles. The minimum Gasteiger partial charge on any atom is -0.325 e. The predicted octanol–water partition coefficient (Wildman–Crippen LogP) is 3.94. The van der Waals surface area contributed by atoms with Crippen LogP contribution in [0.1, 0.15) is 17.4 Å². The predicted molar refractivity (Wildman–Crippen MR) is 88.1 cm³/mol. The summed E-state index contributed by atoms with van der Waals surface area (Å²) in [6, 6.07) is 9.61. The van der Waals surface area contributed by atoms with E-state index in [4.69, 9.17) is 0 Å². The van der Waals surface area contributed by atoms with Gasteiger partial charge in [0.25, 0.3) is 0 Å². The highest BCUT2D eigenvalue weighted by Gasteiger charge is 2.12. The Morgan fingerprint density at radius 3 is 2.65 bits per heavy atom. The van der Waals surface area contributed by atoms with Crippen LogP contribution >= 0.6 is 27.3 Å². The van der Waals surface area contributed by atoms with Crippen LogP contribution < -0.4 is 10.6 Å². The number of benzene rings is 1. The Morgan fingerprint density at radius 2 is 2.05 bits per heavy atom. The lowest BCUT2D eigenvalue weighted by molar-refractivity contribution is -0.117. The zero-order valence-electron chi connectivity index (χ0n) is 11.4. The van der Waals surface area contributed by atoms with E-state index in [1.807, 2.05) is 43.5 Å². The molecule has 106 valence electrons. The van der Waals surface area contributed by atoms with Crippen molar-refractivity contribution in [2.75, 3.05) is 5.32 Å². The second-order valence-electron chi connectivity index (χ2n) is 4.69. The molecule has 1 aromatic carbocycles. The van der Waals surface area contributed by atoms with Crippen LogP contribution in [0.15, 0.2) is 40.2 Å². The maximum Gasteiger partial charge on any atom is 0.241 e. The molecule has 20 heavy (non-hydrogen) atoms. The largest absolute Gasteiger partial charge is 0.325 e. The lowest BCUT2D eigenvalue weighted by atomic mass is 10.2. The van der Waals surface area contributed by atoms with Gasteiger partial charge in [-0.15, -0.1) is 11.3 Å². The molecule has 1 amide bonds. The minimum atomic E-state index is -0.239. The fraction of sp³-hybridized carbons (Fsp3) is 0.267. The molecule has 0 radical (unpaired) electrons. The molecule has 1 unspecified atom stereocenters. The number of hydrogen-bond acceptors (Lipinski definition) is 3. The van der Waals surface area contributed by atoms with E-state index in [9.17, 15) is 4.79 Å². The Morgan fingerprint density at radius 1 is 1.35 bits per heavy atom. The molecule has 0 spiro atoms. The summed E-state index contributed by atoms with van der Waals surface area (Å²) in [4.78, 5) is 13.2. The molecule has 0 aliphatic rings. The van der Waals surface area contributed by atoms with Gasteiger partial charge in [-0.05, 0) is 48.0 Å². The number of hydrogen-bond donors (Lipinski definition) is 2. The Hall–Kier alpha value is -1.17. The van der Waals surface area contributed by atoms with Gasteiger partial charge >= 0.3 is 0 Å². The van der Waals surface area contributed by atoms with Gasteiger partial charge in [0.15, 0.2) is 0 Å². The van der Waals surface area contributed by atoms with Crippen LogP contribution in [-0.2, 0) is 11.3 Å². The molecule has 1 heterocycles. The van der Waals surface area contributed by atoms with Gasteiger partial charge < -0.3 is 10.6 Å². The van der Waals surface area contributed by atoms with Crippen LogP contribution in [0.5, 0.6) is 0 Å². The van der Waals surface area contributed by atoms with Gasteiger partial charge in [-0.25, -0.2) is 0 Å². The third-order valence-corrected chi connectivity index (χ3v) is 4.61. The fourth-order valence-corrected chi connectivity index (χ4v) is 3.08. The molecule has 0 saturated carbocycles. The molecule has 1 aromatic heterocycles. The maximum atomic E-state index is 12.0. The standard InChI is InChI=1S/C15H17BrN2OS/c1-10-3-5-13(6-4-10)18-15(19)11(2)17-8-14-7-12(16)9-20-14/h3-7,9,11,17H,8H2,1-2H3,(H,18,19). The highest BCUT2D eigenvalue weighted by molar-refractivity contribution is 9.10. The van der Waals surface area contributed by atoms with Crippen LogP contribution in [0, 0.1) is 6.92 Å². The average Bonchev–Trinajstić information content (AvgIpc) is 2.84. The number of nitrogens with one attached hydrogen (secondary N) is 2. The highest BCUT2D eigenvalue weighted by Crippen LogP contribution is 2.19. The van der Waals surface area contributed by atoms with Crippen molar-refractivity contribution in [2.45, 2.75) is 26.4 Å². The van der Waals surface area contributed by atoms with Gasteiger partial charge in [0.2, 0.25) is 5.91 Å². The zero-order chi connectivity index (χ0) is 14.5. The van der Waals surface area contributed by atoms with E-state index in [1.165, 1.54) is 10.4 Å². The number of amides is 1. The number of carbonyl (C=O) groups excluding carboxylic acids is 1. The molecule has 2 aromatic rings. The SMILES string of the molecule is Cc1ccc(NC(=O)C(C)NCc2cc(Br)cs2)cc1. The fourth-order valence-electron chi connectivity index (χ4n) is 1.68. The first-order chi connectivity index (χ1) is 9.54. The van der Waals surface area contributed by atoms with Crippen molar-refractivity contribution in [1.29, 1.82) is 0 Å². The van der Waals surface area contributed by atoms with Crippen LogP contribution in [0.2, 0.25) is 0 Å². The Labute approximate surface area is 131 Å². The lowest BCUT2D eigenvalue weighted by Gasteiger charge is -2.13. The van der Waals surface area contributed by atoms with Crippen molar-refractivity contribution >= 4 is 38.9 Å². The third kappa shape index (κ3) is 4.44. The van der Waals surface area contributed by atoms with Crippen molar-refractivity contribution in [1.82, 2.24) is 5.32 Å². The molecule has 0 aliphatic carbocycles. The van der Waals surface area contributed by atoms with Crippen molar-refractivity contribution < 1.29 is 4.79 Å². The average molecular weight is 353 g/mol. The van der Waals surface area contributed by atoms with Crippen LogP contribution in [-0.4, -0.2) is 11.9 Å². The number of halogens is 1. The summed E-state index contributed by atoms with van der Waals surface area (Å²) in [7, 11) is 0. The zero-order valence-corrected chi connectivity index (χ0v) is 13.8. The van der Waals surface area contributed by atoms with E-state index < -0.39 is 0 Å². The summed E-state index contributed by atoms with van der Waals surface area (Å²) in [5.41, 5.74) is 2.01. The second kappa shape index (κ2) is 7.02. The van der Waals surface area contributed by atoms with E-state index >= 15 is 0 Å². The topological polar surface area (TPSA) is 41.1 Å². The smallest absolute Gasteiger partial charge is 0.241 e. The van der Waals surface area contributed by atoms with Gasteiger partial charge in [-0.3, -0.25) is 4.79 Å². The van der Waals surface area contributed by atoms with Gasteiger partial charge in [0.05, 0.1) is 6.04 Å². The number of aryl methyl sites for hydroxylation is 1. The molecular weight excluding hydrogens is 336 g/mol. The van der Waals surface area contributed by atoms with Gasteiger partial charge in [0.1, 0.15) is 0 Å². The first-order valence-electron chi connectivity index (χ1n) is 6.38. The van der Waals surface area contributed by atoms with Crippen LogP contribution in [0.25, 0.3) is 0 Å². The minimum absolute atomic E-state index is 0.0236. The summed E-state index contributed by atoms with van der Waals surface area (Å²) >= 11 is 5.09. The Bertz CT molecular complexity index is 580. The summed E-state index contributed by atoms with van der Waals surface area (Å²) in [5, 5.41) is 8.16. The van der Waals surface area contributed by atoms with E-state index in [1.54, 1.807) is 11.3 Å². The van der Waals surface area contributed by atoms with E-state index in [2.05, 4.69) is 32.6 Å². The quantitative estimate of drug-likeness (QED) is 0.855. The molecule has 3 nitrogen and oxygen atoms in total. The van der Waals surface area contributed by atoms with Gasteiger partial charge in [0, 0.05) is 27.0 Å². The second-order valence-corrected chi connectivity index (χ2v) is 6.60. The Kier molecular flexibility index (Phi) is 5.34. The number of thiophene rings is 1. The van der Waals surface area contributed by atoms with Crippen LogP contribution in [0.3, 0.4) is 0 Å². The van der Waals surface area contributed by atoms with Gasteiger partial charge in [-0.2, -0.15) is 0 Å².